The first-order chi connectivity index (χ1) is 8.22. The molecule has 4 N–H and O–H groups in total. The maximum atomic E-state index is 5.66. The van der Waals surface area contributed by atoms with E-state index in [-0.39, 0.29) is 5.95 Å². The topological polar surface area (TPSA) is 92.5 Å². The molecule has 1 aliphatic rings. The summed E-state index contributed by atoms with van der Waals surface area (Å²) in [6, 6.07) is 0.392. The number of hydrogen-bond acceptors (Lipinski definition) is 5. The van der Waals surface area contributed by atoms with E-state index in [1.54, 1.807) is 6.33 Å². The molecule has 1 saturated carbocycles. The Morgan fingerprint density at radius 3 is 3.12 bits per heavy atom. The van der Waals surface area contributed by atoms with Crippen molar-refractivity contribution in [2.75, 3.05) is 11.1 Å². The molecule has 0 aromatic carbocycles. The smallest absolute Gasteiger partial charge is 0.224 e. The number of nitrogens with two attached hydrogens (primary N) is 1. The highest BCUT2D eigenvalue weighted by atomic mass is 15.1. The molecular weight excluding hydrogens is 216 g/mol. The standard InChI is InChI=1S/C11H16N6/c1-6(4-7-2-3-7)15-10-8-9(14-5-13-8)16-11(12)17-10/h5-7H,2-4H2,1H3,(H4,12,13,14,15,16,17). The van der Waals surface area contributed by atoms with Crippen LogP contribution in [0.4, 0.5) is 11.8 Å². The number of nitrogen functional groups attached to an aromatic ring is 1. The van der Waals surface area contributed by atoms with Crippen LogP contribution in [-0.4, -0.2) is 26.0 Å². The molecule has 0 spiro atoms. The molecule has 2 heterocycles. The van der Waals surface area contributed by atoms with Gasteiger partial charge in [-0.1, -0.05) is 12.8 Å². The van der Waals surface area contributed by atoms with Crippen molar-refractivity contribution >= 4 is 22.9 Å². The summed E-state index contributed by atoms with van der Waals surface area (Å²) in [6.07, 6.45) is 5.50. The minimum Gasteiger partial charge on any atom is -0.368 e. The van der Waals surface area contributed by atoms with Crippen LogP contribution >= 0.6 is 0 Å². The van der Waals surface area contributed by atoms with Crippen LogP contribution in [0.3, 0.4) is 0 Å². The summed E-state index contributed by atoms with van der Waals surface area (Å²) in [5, 5.41) is 3.38. The molecule has 6 nitrogen and oxygen atoms in total. The van der Waals surface area contributed by atoms with Crippen LogP contribution in [0.2, 0.25) is 0 Å². The van der Waals surface area contributed by atoms with Crippen molar-refractivity contribution in [2.24, 2.45) is 5.92 Å². The maximum absolute atomic E-state index is 5.66. The summed E-state index contributed by atoms with van der Waals surface area (Å²) in [6.45, 7) is 2.17. The normalized spacial score (nSPS) is 17.2. The van der Waals surface area contributed by atoms with E-state index in [0.717, 1.165) is 17.3 Å². The van der Waals surface area contributed by atoms with Gasteiger partial charge in [-0.3, -0.25) is 0 Å². The van der Waals surface area contributed by atoms with Gasteiger partial charge in [0.2, 0.25) is 5.95 Å². The van der Waals surface area contributed by atoms with Crippen LogP contribution in [0, 0.1) is 5.92 Å². The summed E-state index contributed by atoms with van der Waals surface area (Å²) in [5.74, 6) is 1.89. The third-order valence-electron chi connectivity index (χ3n) is 3.07. The average molecular weight is 232 g/mol. The molecule has 2 aromatic rings. The van der Waals surface area contributed by atoms with Crippen molar-refractivity contribution in [1.29, 1.82) is 0 Å². The molecule has 1 aliphatic carbocycles. The zero-order chi connectivity index (χ0) is 11.8. The minimum absolute atomic E-state index is 0.255. The highest BCUT2D eigenvalue weighted by Crippen LogP contribution is 2.34. The summed E-state index contributed by atoms with van der Waals surface area (Å²) in [5.41, 5.74) is 7.09. The Labute approximate surface area is 99.1 Å². The maximum Gasteiger partial charge on any atom is 0.224 e. The number of aromatic amines is 1. The molecule has 0 aliphatic heterocycles. The van der Waals surface area contributed by atoms with E-state index < -0.39 is 0 Å². The van der Waals surface area contributed by atoms with Crippen LogP contribution < -0.4 is 11.1 Å². The second kappa shape index (κ2) is 3.87. The quantitative estimate of drug-likeness (QED) is 0.743. The van der Waals surface area contributed by atoms with Gasteiger partial charge < -0.3 is 16.0 Å². The summed E-state index contributed by atoms with van der Waals surface area (Å²) >= 11 is 0. The minimum atomic E-state index is 0.255. The Balaban J connectivity index is 1.84. The number of anilines is 2. The van der Waals surface area contributed by atoms with Gasteiger partial charge in [0.15, 0.2) is 11.5 Å². The molecule has 0 radical (unpaired) electrons. The van der Waals surface area contributed by atoms with Crippen molar-refractivity contribution in [2.45, 2.75) is 32.2 Å². The van der Waals surface area contributed by atoms with Crippen LogP contribution in [0.1, 0.15) is 26.2 Å². The van der Waals surface area contributed by atoms with Gasteiger partial charge in [-0.05, 0) is 19.3 Å². The average Bonchev–Trinajstić information content (AvgIpc) is 2.94. The molecule has 0 amide bonds. The molecule has 1 unspecified atom stereocenters. The fraction of sp³-hybridized carbons (Fsp3) is 0.545. The molecule has 3 rings (SSSR count). The highest BCUT2D eigenvalue weighted by molar-refractivity contribution is 5.83. The number of imidazole rings is 1. The Hall–Kier alpha value is -1.85. The second-order valence-corrected chi connectivity index (χ2v) is 4.76. The van der Waals surface area contributed by atoms with Gasteiger partial charge in [0, 0.05) is 6.04 Å². The number of nitrogens with one attached hydrogen (secondary N) is 2. The van der Waals surface area contributed by atoms with Crippen LogP contribution in [-0.2, 0) is 0 Å². The van der Waals surface area contributed by atoms with Gasteiger partial charge in [0.05, 0.1) is 6.33 Å². The Morgan fingerprint density at radius 2 is 2.35 bits per heavy atom. The van der Waals surface area contributed by atoms with Crippen LogP contribution in [0.15, 0.2) is 6.33 Å². The zero-order valence-electron chi connectivity index (χ0n) is 9.77. The highest BCUT2D eigenvalue weighted by Gasteiger charge is 2.24. The van der Waals surface area contributed by atoms with Crippen molar-refractivity contribution in [1.82, 2.24) is 19.9 Å². The Bertz CT molecular complexity index is 530. The fourth-order valence-electron chi connectivity index (χ4n) is 2.10. The van der Waals surface area contributed by atoms with Crippen molar-refractivity contribution in [3.8, 4) is 0 Å². The predicted octanol–water partition coefficient (Wildman–Crippen LogP) is 1.54. The first kappa shape index (κ1) is 10.3. The number of rotatable bonds is 4. The molecule has 0 saturated heterocycles. The lowest BCUT2D eigenvalue weighted by Crippen LogP contribution is -2.17. The van der Waals surface area contributed by atoms with Gasteiger partial charge in [-0.2, -0.15) is 9.97 Å². The Kier molecular flexibility index (Phi) is 2.35. The summed E-state index contributed by atoms with van der Waals surface area (Å²) in [4.78, 5) is 15.4. The molecule has 1 atom stereocenters. The fourth-order valence-corrected chi connectivity index (χ4v) is 2.10. The lowest BCUT2D eigenvalue weighted by molar-refractivity contribution is 0.640. The van der Waals surface area contributed by atoms with E-state index in [4.69, 9.17) is 5.73 Å². The number of nitrogens with zero attached hydrogens (tertiary/aromatic N) is 3. The van der Waals surface area contributed by atoms with Crippen LogP contribution in [0.25, 0.3) is 11.2 Å². The number of hydrogen-bond donors (Lipinski definition) is 3. The number of fused-ring (bicyclic) bond motifs is 1. The molecular formula is C11H16N6. The van der Waals surface area contributed by atoms with Gasteiger partial charge in [-0.15, -0.1) is 0 Å². The molecule has 90 valence electrons. The number of H-pyrrole nitrogens is 1. The van der Waals surface area contributed by atoms with E-state index >= 15 is 0 Å². The monoisotopic (exact) mass is 232 g/mol. The largest absolute Gasteiger partial charge is 0.368 e. The molecule has 17 heavy (non-hydrogen) atoms. The third kappa shape index (κ3) is 2.15. The summed E-state index contributed by atoms with van der Waals surface area (Å²) < 4.78 is 0. The van der Waals surface area contributed by atoms with E-state index in [1.165, 1.54) is 19.3 Å². The van der Waals surface area contributed by atoms with Gasteiger partial charge in [0.25, 0.3) is 0 Å². The third-order valence-corrected chi connectivity index (χ3v) is 3.07. The van der Waals surface area contributed by atoms with E-state index in [2.05, 4.69) is 32.2 Å². The summed E-state index contributed by atoms with van der Waals surface area (Å²) in [7, 11) is 0. The van der Waals surface area contributed by atoms with E-state index in [9.17, 15) is 0 Å². The Morgan fingerprint density at radius 1 is 1.53 bits per heavy atom. The first-order valence-corrected chi connectivity index (χ1v) is 5.95. The first-order valence-electron chi connectivity index (χ1n) is 5.95. The van der Waals surface area contributed by atoms with Gasteiger partial charge in [0.1, 0.15) is 5.52 Å². The van der Waals surface area contributed by atoms with Crippen molar-refractivity contribution in [3.05, 3.63) is 6.33 Å². The van der Waals surface area contributed by atoms with Crippen LogP contribution in [0.5, 0.6) is 0 Å². The van der Waals surface area contributed by atoms with E-state index in [1.807, 2.05) is 0 Å². The zero-order valence-corrected chi connectivity index (χ0v) is 9.77. The number of aromatic nitrogens is 4. The molecule has 0 bridgehead atoms. The lowest BCUT2D eigenvalue weighted by atomic mass is 10.1. The SMILES string of the molecule is CC(CC1CC1)Nc1nc(N)nc2nc[nH]c12. The lowest BCUT2D eigenvalue weighted by Gasteiger charge is -2.14. The van der Waals surface area contributed by atoms with E-state index in [0.29, 0.717) is 11.7 Å². The predicted molar refractivity (Wildman–Crippen MR) is 66.5 cm³/mol. The van der Waals surface area contributed by atoms with Crippen molar-refractivity contribution < 1.29 is 0 Å². The second-order valence-electron chi connectivity index (χ2n) is 4.76. The van der Waals surface area contributed by atoms with Gasteiger partial charge in [-0.25, -0.2) is 4.98 Å². The molecule has 1 fully saturated rings. The van der Waals surface area contributed by atoms with Crippen molar-refractivity contribution in [3.63, 3.8) is 0 Å². The van der Waals surface area contributed by atoms with Gasteiger partial charge >= 0.3 is 0 Å². The molecule has 2 aromatic heterocycles. The molecule has 6 heteroatoms.